The van der Waals surface area contributed by atoms with Gasteiger partial charge in [0.1, 0.15) is 0 Å². The van der Waals surface area contributed by atoms with Crippen molar-refractivity contribution in [2.45, 2.75) is 46.0 Å². The van der Waals surface area contributed by atoms with Gasteiger partial charge in [-0.15, -0.1) is 0 Å². The van der Waals surface area contributed by atoms with Gasteiger partial charge in [0, 0.05) is 10.9 Å². The lowest BCUT2D eigenvalue weighted by atomic mass is 10.0. The Morgan fingerprint density at radius 1 is 1.04 bits per heavy atom. The molecule has 0 unspecified atom stereocenters. The molecule has 4 N–H and O–H groups in total. The fourth-order valence-corrected chi connectivity index (χ4v) is 2.97. The molecule has 0 radical (unpaired) electrons. The molecule has 8 heteroatoms. The molecule has 0 saturated heterocycles. The number of fused-ring (bicyclic) bond motifs is 1. The van der Waals surface area contributed by atoms with Crippen molar-refractivity contribution in [3.63, 3.8) is 0 Å². The molecular weight excluding hydrogens is 364 g/mol. The Kier molecular flexibility index (Phi) is 7.43. The summed E-state index contributed by atoms with van der Waals surface area (Å²) in [6, 6.07) is 3.30. The molecule has 0 fully saturated rings. The minimum atomic E-state index is -0.704. The number of hydrogen-bond acceptors (Lipinski definition) is 6. The van der Waals surface area contributed by atoms with Gasteiger partial charge in [-0.1, -0.05) is 26.2 Å². The van der Waals surface area contributed by atoms with Gasteiger partial charge >= 0.3 is 5.63 Å². The van der Waals surface area contributed by atoms with E-state index in [2.05, 4.69) is 6.92 Å². The highest BCUT2D eigenvalue weighted by Gasteiger charge is 2.19. The summed E-state index contributed by atoms with van der Waals surface area (Å²) in [5.41, 5.74) is 11.3. The van der Waals surface area contributed by atoms with Crippen LogP contribution < -0.4 is 26.6 Å². The number of nitrogens with two attached hydrogens (primary N) is 2. The standard InChI is InChI=1S/C20H26N2O6/c1-3-4-5-6-7-14-12(2)13-8-9-15(26-10-16(21)23)19(27-11-17(22)24)18(13)28-20(14)25/h8-9H,3-7,10-11H2,1-2H3,(H2,21,23)(H2,22,24). The third-order valence-corrected chi connectivity index (χ3v) is 4.38. The molecule has 2 aromatic rings. The topological polar surface area (TPSA) is 135 Å². The quantitative estimate of drug-likeness (QED) is 0.445. The molecule has 28 heavy (non-hydrogen) atoms. The highest BCUT2D eigenvalue weighted by atomic mass is 16.5. The van der Waals surface area contributed by atoms with Gasteiger partial charge in [0.15, 0.2) is 24.5 Å². The monoisotopic (exact) mass is 390 g/mol. The summed E-state index contributed by atoms with van der Waals surface area (Å²) >= 11 is 0. The molecule has 0 atom stereocenters. The summed E-state index contributed by atoms with van der Waals surface area (Å²) in [5.74, 6) is -1.22. The van der Waals surface area contributed by atoms with Crippen LogP contribution in [0.4, 0.5) is 0 Å². The van der Waals surface area contributed by atoms with Crippen molar-refractivity contribution in [2.24, 2.45) is 11.5 Å². The van der Waals surface area contributed by atoms with E-state index in [4.69, 9.17) is 25.4 Å². The Morgan fingerprint density at radius 2 is 1.71 bits per heavy atom. The minimum Gasteiger partial charge on any atom is -0.480 e. The van der Waals surface area contributed by atoms with Gasteiger partial charge in [-0.2, -0.15) is 0 Å². The second-order valence-electron chi connectivity index (χ2n) is 6.58. The number of rotatable bonds is 11. The first-order chi connectivity index (χ1) is 13.3. The summed E-state index contributed by atoms with van der Waals surface area (Å²) in [6.45, 7) is 3.14. The van der Waals surface area contributed by atoms with Crippen molar-refractivity contribution < 1.29 is 23.5 Å². The first kappa shape index (κ1) is 21.3. The van der Waals surface area contributed by atoms with Crippen molar-refractivity contribution in [2.75, 3.05) is 13.2 Å². The Balaban J connectivity index is 2.48. The SMILES string of the molecule is CCCCCCc1c(C)c2ccc(OCC(N)=O)c(OCC(N)=O)c2oc1=O. The van der Waals surface area contributed by atoms with Crippen LogP contribution in [0.25, 0.3) is 11.0 Å². The predicted octanol–water partition coefficient (Wildman–Crippen LogP) is 1.95. The molecule has 2 amide bonds. The van der Waals surface area contributed by atoms with Gasteiger partial charge in [0.25, 0.3) is 11.8 Å². The van der Waals surface area contributed by atoms with E-state index in [0.29, 0.717) is 17.4 Å². The maximum atomic E-state index is 12.6. The summed E-state index contributed by atoms with van der Waals surface area (Å²) < 4.78 is 16.3. The molecule has 8 nitrogen and oxygen atoms in total. The summed E-state index contributed by atoms with van der Waals surface area (Å²) in [5, 5.41) is 0.663. The minimum absolute atomic E-state index is 0.0373. The number of hydrogen-bond donors (Lipinski definition) is 2. The normalized spacial score (nSPS) is 10.8. The van der Waals surface area contributed by atoms with E-state index in [1.54, 1.807) is 12.1 Å². The third-order valence-electron chi connectivity index (χ3n) is 4.38. The van der Waals surface area contributed by atoms with Crippen LogP contribution >= 0.6 is 0 Å². The van der Waals surface area contributed by atoms with Crippen molar-refractivity contribution in [1.82, 2.24) is 0 Å². The summed E-state index contributed by atoms with van der Waals surface area (Å²) in [4.78, 5) is 34.7. The zero-order chi connectivity index (χ0) is 20.7. The average molecular weight is 390 g/mol. The van der Waals surface area contributed by atoms with Gasteiger partial charge in [0.2, 0.25) is 5.75 Å². The van der Waals surface area contributed by atoms with E-state index in [0.717, 1.165) is 31.2 Å². The lowest BCUT2D eigenvalue weighted by Gasteiger charge is -2.15. The largest absolute Gasteiger partial charge is 0.480 e. The molecule has 0 aliphatic rings. The van der Waals surface area contributed by atoms with Gasteiger partial charge in [0.05, 0.1) is 0 Å². The van der Waals surface area contributed by atoms with Gasteiger partial charge in [-0.05, 0) is 37.5 Å². The molecule has 0 aliphatic heterocycles. The Hall–Kier alpha value is -3.03. The van der Waals surface area contributed by atoms with Crippen LogP contribution in [0.1, 0.15) is 43.7 Å². The second-order valence-corrected chi connectivity index (χ2v) is 6.58. The number of carbonyl (C=O) groups excluding carboxylic acids is 2. The van der Waals surface area contributed by atoms with E-state index >= 15 is 0 Å². The van der Waals surface area contributed by atoms with Crippen LogP contribution in [0.3, 0.4) is 0 Å². The first-order valence-corrected chi connectivity index (χ1v) is 9.26. The molecule has 1 aromatic carbocycles. The van der Waals surface area contributed by atoms with Crippen LogP contribution in [0.5, 0.6) is 11.5 Å². The van der Waals surface area contributed by atoms with Crippen molar-refractivity contribution in [3.05, 3.63) is 33.7 Å². The lowest BCUT2D eigenvalue weighted by Crippen LogP contribution is -2.22. The number of ether oxygens (including phenoxy) is 2. The summed E-state index contributed by atoms with van der Waals surface area (Å²) in [6.07, 6.45) is 4.79. The van der Waals surface area contributed by atoms with E-state index in [1.807, 2.05) is 6.92 Å². The summed E-state index contributed by atoms with van der Waals surface area (Å²) in [7, 11) is 0. The molecule has 0 spiro atoms. The Labute approximate surface area is 162 Å². The highest BCUT2D eigenvalue weighted by Crippen LogP contribution is 2.37. The van der Waals surface area contributed by atoms with Crippen LogP contribution in [-0.4, -0.2) is 25.0 Å². The Bertz CT molecular complexity index is 919. The fraction of sp³-hybridized carbons (Fsp3) is 0.450. The van der Waals surface area contributed by atoms with Crippen LogP contribution in [-0.2, 0) is 16.0 Å². The number of unbranched alkanes of at least 4 members (excludes halogenated alkanes) is 3. The smallest absolute Gasteiger partial charge is 0.339 e. The number of aryl methyl sites for hydroxylation is 1. The molecule has 1 aromatic heterocycles. The predicted molar refractivity (Wildman–Crippen MR) is 104 cm³/mol. The average Bonchev–Trinajstić information content (AvgIpc) is 2.64. The molecule has 2 rings (SSSR count). The molecule has 152 valence electrons. The zero-order valence-electron chi connectivity index (χ0n) is 16.2. The maximum absolute atomic E-state index is 12.6. The number of primary amides is 2. The zero-order valence-corrected chi connectivity index (χ0v) is 16.2. The molecule has 0 aliphatic carbocycles. The van der Waals surface area contributed by atoms with E-state index in [9.17, 15) is 14.4 Å². The lowest BCUT2D eigenvalue weighted by molar-refractivity contribution is -0.121. The Morgan fingerprint density at radius 3 is 2.36 bits per heavy atom. The van der Waals surface area contributed by atoms with Crippen LogP contribution in [0.15, 0.2) is 21.3 Å². The molecule has 0 bridgehead atoms. The second kappa shape index (κ2) is 9.77. The third kappa shape index (κ3) is 5.25. The van der Waals surface area contributed by atoms with Crippen LogP contribution in [0, 0.1) is 6.92 Å². The van der Waals surface area contributed by atoms with Gasteiger partial charge in [-0.25, -0.2) is 4.79 Å². The maximum Gasteiger partial charge on any atom is 0.339 e. The number of amides is 2. The van der Waals surface area contributed by atoms with E-state index < -0.39 is 30.7 Å². The number of carbonyl (C=O) groups is 2. The van der Waals surface area contributed by atoms with E-state index in [-0.39, 0.29) is 17.1 Å². The van der Waals surface area contributed by atoms with Crippen LogP contribution in [0.2, 0.25) is 0 Å². The highest BCUT2D eigenvalue weighted by molar-refractivity contribution is 5.89. The molecule has 1 heterocycles. The molecule has 0 saturated carbocycles. The van der Waals surface area contributed by atoms with E-state index in [1.165, 1.54) is 0 Å². The fourth-order valence-electron chi connectivity index (χ4n) is 2.97. The molecular formula is C20H26N2O6. The van der Waals surface area contributed by atoms with Crippen molar-refractivity contribution in [3.8, 4) is 11.5 Å². The number of benzene rings is 1. The van der Waals surface area contributed by atoms with Gasteiger partial charge < -0.3 is 25.4 Å². The van der Waals surface area contributed by atoms with Crippen molar-refractivity contribution >= 4 is 22.8 Å². The van der Waals surface area contributed by atoms with Crippen molar-refractivity contribution in [1.29, 1.82) is 0 Å². The van der Waals surface area contributed by atoms with Gasteiger partial charge in [-0.3, -0.25) is 9.59 Å². The first-order valence-electron chi connectivity index (χ1n) is 9.26.